The number of rotatable bonds is 6. The molecule has 0 bridgehead atoms. The average Bonchev–Trinajstić information content (AvgIpc) is 2.84. The second kappa shape index (κ2) is 7.21. The van der Waals surface area contributed by atoms with Crippen molar-refractivity contribution in [1.82, 2.24) is 20.0 Å². The molecule has 23 heavy (non-hydrogen) atoms. The van der Waals surface area contributed by atoms with Gasteiger partial charge in [0.25, 0.3) is 5.56 Å². The lowest BCUT2D eigenvalue weighted by Crippen LogP contribution is -2.32. The number of amides is 1. The molecule has 0 aliphatic carbocycles. The maximum Gasteiger partial charge on any atom is 0.256 e. The lowest BCUT2D eigenvalue weighted by Gasteiger charge is -2.09. The fourth-order valence-corrected chi connectivity index (χ4v) is 2.34. The number of nitrogens with one attached hydrogen (secondary N) is 1. The number of aromatic nitrogens is 3. The van der Waals surface area contributed by atoms with Gasteiger partial charge in [0.2, 0.25) is 5.91 Å². The third kappa shape index (κ3) is 4.06. The highest BCUT2D eigenvalue weighted by Gasteiger charge is 2.11. The minimum atomic E-state index is -0.0672. The first-order valence-electron chi connectivity index (χ1n) is 7.61. The van der Waals surface area contributed by atoms with Crippen LogP contribution in [0.15, 0.2) is 15.6 Å². The number of hydrogen-bond donors (Lipinski definition) is 1. The van der Waals surface area contributed by atoms with E-state index >= 15 is 0 Å². The standard InChI is InChI=1S/C16H22N4O3/c1-10-11(2)18-9-20(16(10)22)8-7-17-15(21)6-5-14-12(3)19-23-13(14)4/h9H,5-8H2,1-4H3,(H,17,21). The van der Waals surface area contributed by atoms with Crippen LogP contribution in [0.2, 0.25) is 0 Å². The van der Waals surface area contributed by atoms with E-state index in [1.54, 1.807) is 13.8 Å². The Bertz CT molecular complexity index is 742. The fraction of sp³-hybridized carbons (Fsp3) is 0.500. The molecule has 7 nitrogen and oxygen atoms in total. The maximum atomic E-state index is 12.0. The molecule has 0 spiro atoms. The summed E-state index contributed by atoms with van der Waals surface area (Å²) in [6.45, 7) is 8.06. The van der Waals surface area contributed by atoms with Gasteiger partial charge in [0.05, 0.1) is 12.0 Å². The van der Waals surface area contributed by atoms with E-state index in [4.69, 9.17) is 4.52 Å². The molecule has 7 heteroatoms. The predicted molar refractivity (Wildman–Crippen MR) is 85.3 cm³/mol. The number of aryl methyl sites for hydroxylation is 3. The van der Waals surface area contributed by atoms with Crippen molar-refractivity contribution in [3.05, 3.63) is 45.0 Å². The molecule has 0 radical (unpaired) electrons. The van der Waals surface area contributed by atoms with Gasteiger partial charge in [-0.25, -0.2) is 4.98 Å². The van der Waals surface area contributed by atoms with Crippen molar-refractivity contribution in [2.75, 3.05) is 6.54 Å². The van der Waals surface area contributed by atoms with Crippen LogP contribution in [0.4, 0.5) is 0 Å². The Morgan fingerprint density at radius 1 is 1.26 bits per heavy atom. The monoisotopic (exact) mass is 318 g/mol. The smallest absolute Gasteiger partial charge is 0.256 e. The molecule has 0 atom stereocenters. The molecule has 2 rings (SSSR count). The Morgan fingerprint density at radius 3 is 2.65 bits per heavy atom. The third-order valence-electron chi connectivity index (χ3n) is 3.97. The fourth-order valence-electron chi connectivity index (χ4n) is 2.34. The summed E-state index contributed by atoms with van der Waals surface area (Å²) in [6, 6.07) is 0. The Labute approximate surface area is 134 Å². The predicted octanol–water partition coefficient (Wildman–Crippen LogP) is 1.21. The van der Waals surface area contributed by atoms with Gasteiger partial charge in [-0.15, -0.1) is 0 Å². The third-order valence-corrected chi connectivity index (χ3v) is 3.97. The second-order valence-electron chi connectivity index (χ2n) is 5.61. The zero-order valence-electron chi connectivity index (χ0n) is 14.0. The molecule has 124 valence electrons. The zero-order valence-corrected chi connectivity index (χ0v) is 14.0. The van der Waals surface area contributed by atoms with Crippen LogP contribution in [0.3, 0.4) is 0 Å². The summed E-state index contributed by atoms with van der Waals surface area (Å²) in [5.41, 5.74) is 3.10. The van der Waals surface area contributed by atoms with Crippen molar-refractivity contribution in [2.24, 2.45) is 0 Å². The van der Waals surface area contributed by atoms with E-state index in [2.05, 4.69) is 15.5 Å². The molecule has 0 aliphatic heterocycles. The number of carbonyl (C=O) groups excluding carboxylic acids is 1. The van der Waals surface area contributed by atoms with Crippen molar-refractivity contribution in [2.45, 2.75) is 47.1 Å². The molecule has 1 N–H and O–H groups in total. The summed E-state index contributed by atoms with van der Waals surface area (Å²) < 4.78 is 6.58. The normalized spacial score (nSPS) is 10.8. The molecule has 2 aromatic rings. The van der Waals surface area contributed by atoms with Crippen molar-refractivity contribution >= 4 is 5.91 Å². The molecule has 1 amide bonds. The first-order valence-corrected chi connectivity index (χ1v) is 7.61. The van der Waals surface area contributed by atoms with Gasteiger partial charge in [0.1, 0.15) is 5.76 Å². The van der Waals surface area contributed by atoms with Crippen molar-refractivity contribution in [3.63, 3.8) is 0 Å². The largest absolute Gasteiger partial charge is 0.361 e. The minimum absolute atomic E-state index is 0.0603. The first-order chi connectivity index (χ1) is 10.9. The quantitative estimate of drug-likeness (QED) is 0.864. The highest BCUT2D eigenvalue weighted by Crippen LogP contribution is 2.13. The average molecular weight is 318 g/mol. The number of nitrogens with zero attached hydrogens (tertiary/aromatic N) is 3. The topological polar surface area (TPSA) is 90.0 Å². The Balaban J connectivity index is 1.82. The van der Waals surface area contributed by atoms with E-state index in [0.29, 0.717) is 31.5 Å². The van der Waals surface area contributed by atoms with E-state index in [1.807, 2.05) is 13.8 Å². The van der Waals surface area contributed by atoms with Crippen molar-refractivity contribution in [1.29, 1.82) is 0 Å². The van der Waals surface area contributed by atoms with Gasteiger partial charge >= 0.3 is 0 Å². The van der Waals surface area contributed by atoms with Crippen LogP contribution < -0.4 is 10.9 Å². The van der Waals surface area contributed by atoms with E-state index < -0.39 is 0 Å². The van der Waals surface area contributed by atoms with Crippen LogP contribution in [0, 0.1) is 27.7 Å². The first kappa shape index (κ1) is 16.9. The Morgan fingerprint density at radius 2 is 2.00 bits per heavy atom. The van der Waals surface area contributed by atoms with E-state index in [9.17, 15) is 9.59 Å². The van der Waals surface area contributed by atoms with Crippen LogP contribution >= 0.6 is 0 Å². The molecular weight excluding hydrogens is 296 g/mol. The molecule has 2 heterocycles. The van der Waals surface area contributed by atoms with Gasteiger partial charge < -0.3 is 9.84 Å². The van der Waals surface area contributed by atoms with Gasteiger partial charge in [-0.1, -0.05) is 5.16 Å². The SMILES string of the molecule is Cc1noc(C)c1CCC(=O)NCCn1cnc(C)c(C)c1=O. The lowest BCUT2D eigenvalue weighted by molar-refractivity contribution is -0.121. The highest BCUT2D eigenvalue weighted by molar-refractivity contribution is 5.76. The van der Waals surface area contributed by atoms with E-state index in [0.717, 1.165) is 22.7 Å². The summed E-state index contributed by atoms with van der Waals surface area (Å²) in [7, 11) is 0. The molecule has 0 aliphatic rings. The van der Waals surface area contributed by atoms with Crippen LogP contribution in [0.25, 0.3) is 0 Å². The van der Waals surface area contributed by atoms with Crippen LogP contribution in [-0.2, 0) is 17.8 Å². The minimum Gasteiger partial charge on any atom is -0.361 e. The van der Waals surface area contributed by atoms with E-state index in [-0.39, 0.29) is 11.5 Å². The summed E-state index contributed by atoms with van der Waals surface area (Å²) in [6.07, 6.45) is 2.47. The van der Waals surface area contributed by atoms with Crippen LogP contribution in [0.5, 0.6) is 0 Å². The van der Waals surface area contributed by atoms with E-state index in [1.165, 1.54) is 10.9 Å². The number of carbonyl (C=O) groups is 1. The second-order valence-corrected chi connectivity index (χ2v) is 5.61. The summed E-state index contributed by atoms with van der Waals surface area (Å²) >= 11 is 0. The summed E-state index contributed by atoms with van der Waals surface area (Å²) in [5, 5.41) is 6.69. The summed E-state index contributed by atoms with van der Waals surface area (Å²) in [5.74, 6) is 0.692. The molecule has 0 fully saturated rings. The Hall–Kier alpha value is -2.44. The highest BCUT2D eigenvalue weighted by atomic mass is 16.5. The van der Waals surface area contributed by atoms with Gasteiger partial charge in [0, 0.05) is 36.3 Å². The van der Waals surface area contributed by atoms with Crippen molar-refractivity contribution < 1.29 is 9.32 Å². The summed E-state index contributed by atoms with van der Waals surface area (Å²) in [4.78, 5) is 28.1. The van der Waals surface area contributed by atoms with Gasteiger partial charge in [-0.05, 0) is 34.1 Å². The lowest BCUT2D eigenvalue weighted by atomic mass is 10.1. The zero-order chi connectivity index (χ0) is 17.0. The molecule has 0 aromatic carbocycles. The molecule has 0 saturated carbocycles. The number of hydrogen-bond acceptors (Lipinski definition) is 5. The van der Waals surface area contributed by atoms with Gasteiger partial charge in [0.15, 0.2) is 0 Å². The van der Waals surface area contributed by atoms with Crippen LogP contribution in [-0.4, -0.2) is 27.2 Å². The van der Waals surface area contributed by atoms with Crippen LogP contribution in [0.1, 0.15) is 34.7 Å². The molecule has 2 aromatic heterocycles. The van der Waals surface area contributed by atoms with Crippen molar-refractivity contribution in [3.8, 4) is 0 Å². The molecule has 0 unspecified atom stereocenters. The van der Waals surface area contributed by atoms with Gasteiger partial charge in [-0.3, -0.25) is 14.2 Å². The maximum absolute atomic E-state index is 12.0. The molecular formula is C16H22N4O3. The molecule has 0 saturated heterocycles. The Kier molecular flexibility index (Phi) is 5.31. The van der Waals surface area contributed by atoms with Gasteiger partial charge in [-0.2, -0.15) is 0 Å².